The number of benzene rings is 1. The van der Waals surface area contributed by atoms with Gasteiger partial charge in [-0.2, -0.15) is 10.2 Å². The molecule has 0 radical (unpaired) electrons. The number of carbonyl (C=O) groups is 1. The van der Waals surface area contributed by atoms with Crippen molar-refractivity contribution in [3.05, 3.63) is 52.4 Å². The van der Waals surface area contributed by atoms with Gasteiger partial charge in [0.1, 0.15) is 17.4 Å². The molecule has 0 unspecified atom stereocenters. The van der Waals surface area contributed by atoms with Crippen LogP contribution >= 0.6 is 11.6 Å². The Kier molecular flexibility index (Phi) is 5.16. The van der Waals surface area contributed by atoms with Crippen LogP contribution in [-0.2, 0) is 0 Å². The number of nitrogens with one attached hydrogen (secondary N) is 2. The topological polar surface area (TPSA) is 76.8 Å². The van der Waals surface area contributed by atoms with Crippen molar-refractivity contribution in [3.8, 4) is 5.69 Å². The summed E-state index contributed by atoms with van der Waals surface area (Å²) in [6, 6.07) is 6.09. The fourth-order valence-corrected chi connectivity index (χ4v) is 4.41. The number of anilines is 2. The van der Waals surface area contributed by atoms with Crippen molar-refractivity contribution >= 4 is 29.0 Å². The molecule has 1 amide bonds. The molecule has 5 rings (SSSR count). The van der Waals surface area contributed by atoms with Gasteiger partial charge in [0.15, 0.2) is 0 Å². The fourth-order valence-electron chi connectivity index (χ4n) is 4.30. The summed E-state index contributed by atoms with van der Waals surface area (Å²) in [6.07, 6.45) is 1.18. The van der Waals surface area contributed by atoms with Gasteiger partial charge in [-0.1, -0.05) is 11.6 Å². The van der Waals surface area contributed by atoms with Crippen molar-refractivity contribution in [2.24, 2.45) is 5.92 Å². The minimum absolute atomic E-state index is 0.0587. The first-order valence-corrected chi connectivity index (χ1v) is 11.0. The third-order valence-electron chi connectivity index (χ3n) is 6.23. The van der Waals surface area contributed by atoms with E-state index in [0.717, 1.165) is 29.9 Å². The Labute approximate surface area is 188 Å². The van der Waals surface area contributed by atoms with Crippen LogP contribution in [0.25, 0.3) is 5.69 Å². The quantitative estimate of drug-likeness (QED) is 0.562. The standard InChI is InChI=1S/C22H23ClF2N6O/c1-11-19(23)12(2)30(29-11)15-7-5-14(6-8-15)27-22(32)16-10-26-31-18(20(24)25)9-17(13-3-4-13)28-21(16)31/h5-8,10,13,17-18,20,28H,3-4,9H2,1-2H3,(H,27,32)/t17-,18+/m1/s1. The van der Waals surface area contributed by atoms with E-state index in [1.165, 1.54) is 10.9 Å². The molecule has 1 aromatic carbocycles. The number of rotatable bonds is 5. The molecule has 3 aromatic rings. The van der Waals surface area contributed by atoms with Crippen molar-refractivity contribution in [2.45, 2.75) is 51.6 Å². The van der Waals surface area contributed by atoms with Gasteiger partial charge in [0, 0.05) is 11.7 Å². The summed E-state index contributed by atoms with van der Waals surface area (Å²) >= 11 is 6.23. The van der Waals surface area contributed by atoms with Gasteiger partial charge in [0.05, 0.1) is 28.3 Å². The summed E-state index contributed by atoms with van der Waals surface area (Å²) in [5.74, 6) is 0.348. The molecule has 0 saturated heterocycles. The summed E-state index contributed by atoms with van der Waals surface area (Å²) in [4.78, 5) is 12.9. The number of hydrogen-bond donors (Lipinski definition) is 2. The van der Waals surface area contributed by atoms with Crippen LogP contribution in [0.5, 0.6) is 0 Å². The lowest BCUT2D eigenvalue weighted by Crippen LogP contribution is -2.37. The Morgan fingerprint density at radius 1 is 1.25 bits per heavy atom. The smallest absolute Gasteiger partial charge is 0.261 e. The Bertz CT molecular complexity index is 1170. The Balaban J connectivity index is 1.36. The van der Waals surface area contributed by atoms with Crippen LogP contribution in [-0.4, -0.2) is 37.9 Å². The van der Waals surface area contributed by atoms with E-state index < -0.39 is 18.4 Å². The molecule has 0 bridgehead atoms. The van der Waals surface area contributed by atoms with Crippen LogP contribution in [0.1, 0.15) is 47.1 Å². The zero-order chi connectivity index (χ0) is 22.6. The van der Waals surface area contributed by atoms with E-state index >= 15 is 0 Å². The van der Waals surface area contributed by atoms with Gasteiger partial charge in [0.25, 0.3) is 12.3 Å². The van der Waals surface area contributed by atoms with Crippen LogP contribution in [0.3, 0.4) is 0 Å². The SMILES string of the molecule is Cc1nn(-c2ccc(NC(=O)c3cnn4c3N[C@@H](C3CC3)C[C@H]4C(F)F)cc2)c(C)c1Cl. The van der Waals surface area contributed by atoms with Gasteiger partial charge in [-0.25, -0.2) is 18.1 Å². The van der Waals surface area contributed by atoms with Crippen LogP contribution in [0.15, 0.2) is 30.5 Å². The number of nitrogens with zero attached hydrogens (tertiary/aromatic N) is 4. The summed E-state index contributed by atoms with van der Waals surface area (Å²) in [7, 11) is 0. The maximum absolute atomic E-state index is 13.6. The van der Waals surface area contributed by atoms with Gasteiger partial charge >= 0.3 is 0 Å². The zero-order valence-corrected chi connectivity index (χ0v) is 18.4. The average Bonchev–Trinajstić information content (AvgIpc) is 3.49. The van der Waals surface area contributed by atoms with Gasteiger partial charge in [-0.05, 0) is 63.3 Å². The molecule has 2 N–H and O–H groups in total. The Morgan fingerprint density at radius 2 is 1.97 bits per heavy atom. The van der Waals surface area contributed by atoms with Crippen molar-refractivity contribution < 1.29 is 13.6 Å². The monoisotopic (exact) mass is 460 g/mol. The molecule has 2 aliphatic rings. The first-order valence-electron chi connectivity index (χ1n) is 10.6. The van der Waals surface area contributed by atoms with Gasteiger partial charge < -0.3 is 10.6 Å². The van der Waals surface area contributed by atoms with Crippen LogP contribution in [0.4, 0.5) is 20.3 Å². The molecule has 1 aliphatic carbocycles. The Hall–Kier alpha value is -2.94. The molecule has 1 saturated carbocycles. The number of halogens is 3. The molecular formula is C22H23ClF2N6O. The lowest BCUT2D eigenvalue weighted by Gasteiger charge is -2.32. The third-order valence-corrected chi connectivity index (χ3v) is 6.77. The molecule has 1 fully saturated rings. The van der Waals surface area contributed by atoms with Crippen molar-refractivity contribution in [3.63, 3.8) is 0 Å². The minimum atomic E-state index is -2.54. The van der Waals surface area contributed by atoms with E-state index in [2.05, 4.69) is 20.8 Å². The predicted octanol–water partition coefficient (Wildman–Crippen LogP) is 4.99. The second-order valence-corrected chi connectivity index (χ2v) is 8.85. The third kappa shape index (κ3) is 3.64. The number of alkyl halides is 2. The lowest BCUT2D eigenvalue weighted by molar-refractivity contribution is 0.0644. The molecule has 168 valence electrons. The molecule has 10 heteroatoms. The van der Waals surface area contributed by atoms with E-state index in [4.69, 9.17) is 11.6 Å². The molecule has 1 aliphatic heterocycles. The molecule has 0 spiro atoms. The molecular weight excluding hydrogens is 438 g/mol. The van der Waals surface area contributed by atoms with Crippen molar-refractivity contribution in [1.29, 1.82) is 0 Å². The van der Waals surface area contributed by atoms with E-state index in [1.807, 2.05) is 26.0 Å². The number of aryl methyl sites for hydroxylation is 1. The molecule has 2 aromatic heterocycles. The molecule has 2 atom stereocenters. The number of aromatic nitrogens is 4. The van der Waals surface area contributed by atoms with Crippen LogP contribution < -0.4 is 10.6 Å². The minimum Gasteiger partial charge on any atom is -0.367 e. The Morgan fingerprint density at radius 3 is 2.56 bits per heavy atom. The largest absolute Gasteiger partial charge is 0.367 e. The second-order valence-electron chi connectivity index (χ2n) is 8.47. The molecule has 3 heterocycles. The zero-order valence-electron chi connectivity index (χ0n) is 17.6. The average molecular weight is 461 g/mol. The van der Waals surface area contributed by atoms with Gasteiger partial charge in [-0.3, -0.25) is 4.79 Å². The molecule has 32 heavy (non-hydrogen) atoms. The highest BCUT2D eigenvalue weighted by molar-refractivity contribution is 6.31. The first kappa shape index (κ1) is 20.9. The lowest BCUT2D eigenvalue weighted by atomic mass is 10.00. The van der Waals surface area contributed by atoms with Crippen LogP contribution in [0, 0.1) is 19.8 Å². The first-order chi connectivity index (χ1) is 15.3. The van der Waals surface area contributed by atoms with Crippen LogP contribution in [0.2, 0.25) is 5.02 Å². The summed E-state index contributed by atoms with van der Waals surface area (Å²) < 4.78 is 30.3. The number of fused-ring (bicyclic) bond motifs is 1. The maximum atomic E-state index is 13.6. The summed E-state index contributed by atoms with van der Waals surface area (Å²) in [5.41, 5.74) is 3.22. The highest BCUT2D eigenvalue weighted by atomic mass is 35.5. The van der Waals surface area contributed by atoms with E-state index in [1.54, 1.807) is 16.8 Å². The predicted molar refractivity (Wildman–Crippen MR) is 118 cm³/mol. The van der Waals surface area contributed by atoms with Gasteiger partial charge in [-0.15, -0.1) is 0 Å². The fraction of sp³-hybridized carbons (Fsp3) is 0.409. The van der Waals surface area contributed by atoms with E-state index in [0.29, 0.717) is 28.9 Å². The van der Waals surface area contributed by atoms with Gasteiger partial charge in [0.2, 0.25) is 0 Å². The number of carbonyl (C=O) groups excluding carboxylic acids is 1. The van der Waals surface area contributed by atoms with Crippen molar-refractivity contribution in [1.82, 2.24) is 19.6 Å². The second kappa shape index (κ2) is 7.88. The molecule has 7 nitrogen and oxygen atoms in total. The van der Waals surface area contributed by atoms with E-state index in [9.17, 15) is 13.6 Å². The normalized spacial score (nSPS) is 20.2. The summed E-state index contributed by atoms with van der Waals surface area (Å²) in [5, 5.41) is 15.3. The van der Waals surface area contributed by atoms with E-state index in [-0.39, 0.29) is 11.6 Å². The highest BCUT2D eigenvalue weighted by Crippen LogP contribution is 2.43. The highest BCUT2D eigenvalue weighted by Gasteiger charge is 2.41. The summed E-state index contributed by atoms with van der Waals surface area (Å²) in [6.45, 7) is 3.73. The number of hydrogen-bond acceptors (Lipinski definition) is 4. The maximum Gasteiger partial charge on any atom is 0.261 e. The van der Waals surface area contributed by atoms with Crippen molar-refractivity contribution in [2.75, 3.05) is 10.6 Å². The number of amides is 1.